The fraction of sp³-hybridized carbons (Fsp3) is 0.294. The number of halogens is 1. The molecule has 4 heterocycles. The van der Waals surface area contributed by atoms with Gasteiger partial charge in [0.2, 0.25) is 0 Å². The van der Waals surface area contributed by atoms with Gasteiger partial charge in [-0.15, -0.1) is 0 Å². The van der Waals surface area contributed by atoms with Crippen LogP contribution in [0.25, 0.3) is 39.4 Å². The van der Waals surface area contributed by atoms with Crippen molar-refractivity contribution in [3.63, 3.8) is 0 Å². The van der Waals surface area contributed by atoms with Crippen LogP contribution in [0.15, 0.2) is 67.5 Å². The van der Waals surface area contributed by atoms with Crippen LogP contribution < -0.4 is 5.32 Å². The first-order chi connectivity index (χ1) is 21.2. The van der Waals surface area contributed by atoms with E-state index in [2.05, 4.69) is 47.9 Å². The number of H-pyrrole nitrogens is 2. The molecule has 5 aromatic rings. The van der Waals surface area contributed by atoms with Gasteiger partial charge in [-0.2, -0.15) is 5.10 Å². The first-order valence-electron chi connectivity index (χ1n) is 14.8. The molecule has 1 aromatic carbocycles. The van der Waals surface area contributed by atoms with Crippen LogP contribution in [0.1, 0.15) is 36.4 Å². The SMILES string of the molecule is C=C/C=C(/c1cc(F)cc(NCCN(C)C)c1)c1nc(-c2n[nH]c3ccc(-c4cncc(CN(C)C)c4)nc23)[nH]c1C.CC. The number of pyridine rings is 2. The zero-order chi connectivity index (χ0) is 31.8. The van der Waals surface area contributed by atoms with Crippen molar-refractivity contribution in [1.82, 2.24) is 39.9 Å². The lowest BCUT2D eigenvalue weighted by Crippen LogP contribution is -2.20. The number of aromatic amines is 2. The van der Waals surface area contributed by atoms with Gasteiger partial charge in [-0.3, -0.25) is 10.1 Å². The second-order valence-electron chi connectivity index (χ2n) is 10.8. The van der Waals surface area contributed by atoms with E-state index in [4.69, 9.17) is 9.97 Å². The Hall–Kier alpha value is -4.67. The summed E-state index contributed by atoms with van der Waals surface area (Å²) in [6.07, 6.45) is 7.22. The lowest BCUT2D eigenvalue weighted by atomic mass is 10.00. The minimum atomic E-state index is -0.331. The molecule has 3 N–H and O–H groups in total. The Bertz CT molecular complexity index is 1750. The molecule has 0 aliphatic carbocycles. The fourth-order valence-electron chi connectivity index (χ4n) is 4.84. The van der Waals surface area contributed by atoms with Crippen LogP contribution in [-0.2, 0) is 6.54 Å². The highest BCUT2D eigenvalue weighted by Gasteiger charge is 2.20. The average Bonchev–Trinajstić information content (AvgIpc) is 3.59. The van der Waals surface area contributed by atoms with Crippen molar-refractivity contribution in [2.45, 2.75) is 27.3 Å². The maximum Gasteiger partial charge on any atom is 0.161 e. The highest BCUT2D eigenvalue weighted by Crippen LogP contribution is 2.32. The molecule has 10 heteroatoms. The molecule has 0 unspecified atom stereocenters. The predicted octanol–water partition coefficient (Wildman–Crippen LogP) is 6.54. The van der Waals surface area contributed by atoms with Gasteiger partial charge in [0.15, 0.2) is 11.5 Å². The summed E-state index contributed by atoms with van der Waals surface area (Å²) in [5.41, 5.74) is 8.56. The molecular formula is C34H42FN9. The van der Waals surface area contributed by atoms with Crippen molar-refractivity contribution in [2.75, 3.05) is 46.6 Å². The number of benzene rings is 1. The number of aryl methyl sites for hydroxylation is 1. The molecule has 0 spiro atoms. The minimum Gasteiger partial charge on any atom is -0.384 e. The number of likely N-dealkylation sites (N-methyl/N-ethyl adjacent to an activating group) is 1. The van der Waals surface area contributed by atoms with Gasteiger partial charge in [0.05, 0.1) is 16.9 Å². The molecule has 0 saturated heterocycles. The monoisotopic (exact) mass is 595 g/mol. The van der Waals surface area contributed by atoms with E-state index >= 15 is 0 Å². The molecule has 0 radical (unpaired) electrons. The topological polar surface area (TPSA) is 102 Å². The quantitative estimate of drug-likeness (QED) is 0.149. The maximum absolute atomic E-state index is 14.7. The number of fused-ring (bicyclic) bond motifs is 1. The lowest BCUT2D eigenvalue weighted by molar-refractivity contribution is 0.402. The van der Waals surface area contributed by atoms with Gasteiger partial charge in [0.1, 0.15) is 11.3 Å². The third-order valence-electron chi connectivity index (χ3n) is 6.74. The molecule has 0 fully saturated rings. The zero-order valence-corrected chi connectivity index (χ0v) is 26.7. The number of allylic oxidation sites excluding steroid dienone is 2. The summed E-state index contributed by atoms with van der Waals surface area (Å²) in [5.74, 6) is 0.232. The van der Waals surface area contributed by atoms with E-state index in [9.17, 15) is 4.39 Å². The van der Waals surface area contributed by atoms with Gasteiger partial charge >= 0.3 is 0 Å². The van der Waals surface area contributed by atoms with Crippen molar-refractivity contribution in [2.24, 2.45) is 0 Å². The Morgan fingerprint density at radius 3 is 2.55 bits per heavy atom. The lowest BCUT2D eigenvalue weighted by Gasteiger charge is -2.13. The van der Waals surface area contributed by atoms with E-state index < -0.39 is 0 Å². The normalized spacial score (nSPS) is 11.6. The van der Waals surface area contributed by atoms with Crippen molar-refractivity contribution in [1.29, 1.82) is 0 Å². The van der Waals surface area contributed by atoms with E-state index in [-0.39, 0.29) is 5.82 Å². The van der Waals surface area contributed by atoms with Crippen LogP contribution >= 0.6 is 0 Å². The Labute approximate surface area is 259 Å². The molecule has 0 bridgehead atoms. The van der Waals surface area contributed by atoms with Gasteiger partial charge in [-0.05, 0) is 82.6 Å². The van der Waals surface area contributed by atoms with Crippen molar-refractivity contribution in [3.8, 4) is 22.8 Å². The first-order valence-corrected chi connectivity index (χ1v) is 14.8. The second-order valence-corrected chi connectivity index (χ2v) is 10.8. The summed E-state index contributed by atoms with van der Waals surface area (Å²) in [5, 5.41) is 10.9. The Morgan fingerprint density at radius 1 is 1.02 bits per heavy atom. The van der Waals surface area contributed by atoms with E-state index in [0.29, 0.717) is 40.5 Å². The smallest absolute Gasteiger partial charge is 0.161 e. The van der Waals surface area contributed by atoms with E-state index in [1.165, 1.54) is 12.1 Å². The first kappa shape index (κ1) is 32.2. The van der Waals surface area contributed by atoms with E-state index in [1.807, 2.05) is 85.6 Å². The number of anilines is 1. The van der Waals surface area contributed by atoms with Crippen molar-refractivity contribution in [3.05, 3.63) is 95.9 Å². The molecular weight excluding hydrogens is 553 g/mol. The van der Waals surface area contributed by atoms with Crippen LogP contribution in [0.5, 0.6) is 0 Å². The summed E-state index contributed by atoms with van der Waals surface area (Å²) >= 11 is 0. The summed E-state index contributed by atoms with van der Waals surface area (Å²) in [6, 6.07) is 11.0. The molecule has 0 atom stereocenters. The third-order valence-corrected chi connectivity index (χ3v) is 6.74. The number of hydrogen-bond donors (Lipinski definition) is 3. The van der Waals surface area contributed by atoms with Gasteiger partial charge in [-0.1, -0.05) is 32.6 Å². The van der Waals surface area contributed by atoms with E-state index in [0.717, 1.165) is 46.7 Å². The summed E-state index contributed by atoms with van der Waals surface area (Å²) in [7, 11) is 8.06. The zero-order valence-electron chi connectivity index (χ0n) is 26.7. The molecule has 4 aromatic heterocycles. The Kier molecular flexibility index (Phi) is 10.8. The number of nitrogens with zero attached hydrogens (tertiary/aromatic N) is 6. The molecule has 0 saturated carbocycles. The fourth-order valence-corrected chi connectivity index (χ4v) is 4.84. The van der Waals surface area contributed by atoms with Gasteiger partial charge < -0.3 is 20.1 Å². The number of nitrogens with one attached hydrogen (secondary N) is 3. The van der Waals surface area contributed by atoms with Gasteiger partial charge in [0, 0.05) is 54.5 Å². The summed E-state index contributed by atoms with van der Waals surface area (Å²) in [4.78, 5) is 21.8. The van der Waals surface area contributed by atoms with Crippen LogP contribution in [0.3, 0.4) is 0 Å². The second kappa shape index (κ2) is 14.7. The van der Waals surface area contributed by atoms with Gasteiger partial charge in [0.25, 0.3) is 0 Å². The largest absolute Gasteiger partial charge is 0.384 e. The Morgan fingerprint density at radius 2 is 1.82 bits per heavy atom. The van der Waals surface area contributed by atoms with Crippen LogP contribution in [0.2, 0.25) is 0 Å². The third kappa shape index (κ3) is 7.64. The highest BCUT2D eigenvalue weighted by atomic mass is 19.1. The van der Waals surface area contributed by atoms with Crippen molar-refractivity contribution < 1.29 is 4.39 Å². The van der Waals surface area contributed by atoms with Gasteiger partial charge in [-0.25, -0.2) is 14.4 Å². The summed E-state index contributed by atoms with van der Waals surface area (Å²) in [6.45, 7) is 12.1. The molecule has 9 nitrogen and oxygen atoms in total. The molecule has 0 aliphatic rings. The predicted molar refractivity (Wildman–Crippen MR) is 179 cm³/mol. The molecule has 5 rings (SSSR count). The summed E-state index contributed by atoms with van der Waals surface area (Å²) < 4.78 is 14.7. The highest BCUT2D eigenvalue weighted by molar-refractivity contribution is 5.90. The number of imidazole rings is 1. The van der Waals surface area contributed by atoms with Crippen LogP contribution in [0, 0.1) is 12.7 Å². The molecule has 0 aliphatic heterocycles. The number of aromatic nitrogens is 6. The van der Waals surface area contributed by atoms with Crippen molar-refractivity contribution >= 4 is 22.3 Å². The maximum atomic E-state index is 14.7. The minimum absolute atomic E-state index is 0.331. The van der Waals surface area contributed by atoms with Crippen LogP contribution in [-0.4, -0.2) is 81.2 Å². The van der Waals surface area contributed by atoms with E-state index in [1.54, 1.807) is 6.08 Å². The molecule has 0 amide bonds. The standard InChI is InChI=1S/C32H36FN9.C2H6/c1-7-8-26(22-14-24(33)16-25(15-22)35-11-12-41(3)4)29-20(2)36-32(38-29)31-30-28(39-40-31)10-9-27(37-30)23-13-21(17-34-18-23)19-42(5)6;1-2/h7-10,13-18,35H,1,11-12,19H2,2-6H3,(H,36,38)(H,39,40);1-2H3/b26-8-;. The molecule has 230 valence electrons. The number of hydrogen-bond acceptors (Lipinski definition) is 7. The molecule has 44 heavy (non-hydrogen) atoms. The average molecular weight is 596 g/mol. The number of rotatable bonds is 11. The Balaban J connectivity index is 0.00000216. The van der Waals surface area contributed by atoms with Crippen LogP contribution in [0.4, 0.5) is 10.1 Å².